The molecular formula is C24H19ClN2O4S. The van der Waals surface area contributed by atoms with E-state index in [0.717, 1.165) is 10.5 Å². The molecule has 6 nitrogen and oxygen atoms in total. The second-order valence-electron chi connectivity index (χ2n) is 6.60. The van der Waals surface area contributed by atoms with Crippen LogP contribution in [0.15, 0.2) is 83.8 Å². The van der Waals surface area contributed by atoms with Crippen LogP contribution in [-0.2, 0) is 9.59 Å². The topological polar surface area (TPSA) is 95.5 Å². The largest absolute Gasteiger partial charge is 0.478 e. The van der Waals surface area contributed by atoms with Gasteiger partial charge < -0.3 is 15.7 Å². The minimum absolute atomic E-state index is 0.0816. The van der Waals surface area contributed by atoms with E-state index in [1.54, 1.807) is 24.3 Å². The summed E-state index contributed by atoms with van der Waals surface area (Å²) in [5.41, 5.74) is 1.81. The molecule has 0 saturated carbocycles. The molecule has 0 aliphatic heterocycles. The van der Waals surface area contributed by atoms with Gasteiger partial charge in [-0.15, -0.1) is 11.8 Å². The van der Waals surface area contributed by atoms with Crippen molar-refractivity contribution in [1.29, 1.82) is 0 Å². The molecule has 0 radical (unpaired) electrons. The van der Waals surface area contributed by atoms with Gasteiger partial charge in [0.25, 0.3) is 0 Å². The molecule has 162 valence electrons. The first-order chi connectivity index (χ1) is 15.4. The highest BCUT2D eigenvalue weighted by molar-refractivity contribution is 8.00. The zero-order chi connectivity index (χ0) is 22.9. The van der Waals surface area contributed by atoms with Crippen LogP contribution in [0, 0.1) is 0 Å². The lowest BCUT2D eigenvalue weighted by atomic mass is 10.2. The van der Waals surface area contributed by atoms with E-state index in [1.807, 2.05) is 36.4 Å². The van der Waals surface area contributed by atoms with E-state index >= 15 is 0 Å². The molecule has 0 aliphatic rings. The van der Waals surface area contributed by atoms with E-state index in [4.69, 9.17) is 16.7 Å². The van der Waals surface area contributed by atoms with Gasteiger partial charge in [-0.3, -0.25) is 9.59 Å². The zero-order valence-electron chi connectivity index (χ0n) is 16.7. The van der Waals surface area contributed by atoms with E-state index < -0.39 is 5.97 Å². The lowest BCUT2D eigenvalue weighted by Gasteiger charge is -2.08. The summed E-state index contributed by atoms with van der Waals surface area (Å²) in [5, 5.41) is 14.7. The number of carboxylic acids is 1. The number of amides is 2. The molecule has 32 heavy (non-hydrogen) atoms. The highest BCUT2D eigenvalue weighted by Gasteiger charge is 2.11. The molecule has 0 atom stereocenters. The number of rotatable bonds is 8. The molecule has 0 spiro atoms. The fourth-order valence-electron chi connectivity index (χ4n) is 2.70. The zero-order valence-corrected chi connectivity index (χ0v) is 18.3. The third-order valence-electron chi connectivity index (χ3n) is 4.18. The molecule has 3 aromatic rings. The number of nitrogens with one attached hydrogen (secondary N) is 2. The van der Waals surface area contributed by atoms with Crippen molar-refractivity contribution in [3.63, 3.8) is 0 Å². The third kappa shape index (κ3) is 7.01. The van der Waals surface area contributed by atoms with E-state index in [1.165, 1.54) is 36.0 Å². The first kappa shape index (κ1) is 23.1. The molecular weight excluding hydrogens is 448 g/mol. The number of halogens is 1. The number of carboxylic acid groups (broad SMARTS) is 1. The highest BCUT2D eigenvalue weighted by atomic mass is 35.5. The Morgan fingerprint density at radius 1 is 0.906 bits per heavy atom. The number of thioether (sulfide) groups is 1. The van der Waals surface area contributed by atoms with E-state index in [9.17, 15) is 14.4 Å². The number of hydrogen-bond acceptors (Lipinski definition) is 4. The van der Waals surface area contributed by atoms with Gasteiger partial charge in [0.2, 0.25) is 11.8 Å². The number of hydrogen-bond donors (Lipinski definition) is 3. The Morgan fingerprint density at radius 2 is 1.66 bits per heavy atom. The van der Waals surface area contributed by atoms with Gasteiger partial charge in [-0.25, -0.2) is 4.79 Å². The number of anilines is 2. The van der Waals surface area contributed by atoms with Crippen molar-refractivity contribution in [1.82, 2.24) is 0 Å². The van der Waals surface area contributed by atoms with E-state index in [0.29, 0.717) is 11.4 Å². The number of benzene rings is 3. The van der Waals surface area contributed by atoms with Crippen molar-refractivity contribution in [2.75, 3.05) is 16.4 Å². The SMILES string of the molecule is O=C(/C=C/c1ccccc1)Nc1cccc(SCC(=O)Nc2ccc(Cl)c(C(=O)O)c2)c1. The van der Waals surface area contributed by atoms with Crippen LogP contribution in [0.3, 0.4) is 0 Å². The van der Waals surface area contributed by atoms with Gasteiger partial charge in [-0.05, 0) is 48.0 Å². The summed E-state index contributed by atoms with van der Waals surface area (Å²) in [6.07, 6.45) is 3.19. The fraction of sp³-hybridized carbons (Fsp3) is 0.0417. The second kappa shape index (κ2) is 11.2. The molecule has 8 heteroatoms. The molecule has 0 heterocycles. The van der Waals surface area contributed by atoms with E-state index in [2.05, 4.69) is 10.6 Å². The molecule has 0 bridgehead atoms. The quantitative estimate of drug-likeness (QED) is 0.304. The standard InChI is InChI=1S/C24H19ClN2O4S/c25-21-11-10-18(14-20(21)24(30)31)27-23(29)15-32-19-8-4-7-17(13-19)26-22(28)12-9-16-5-2-1-3-6-16/h1-14H,15H2,(H,26,28)(H,27,29)(H,30,31)/b12-9+. The first-order valence-electron chi connectivity index (χ1n) is 9.50. The lowest BCUT2D eigenvalue weighted by molar-refractivity contribution is -0.114. The van der Waals surface area contributed by atoms with Crippen LogP contribution in [-0.4, -0.2) is 28.6 Å². The van der Waals surface area contributed by atoms with Gasteiger partial charge in [-0.2, -0.15) is 0 Å². The molecule has 0 aliphatic carbocycles. The Balaban J connectivity index is 1.54. The maximum Gasteiger partial charge on any atom is 0.337 e. The lowest BCUT2D eigenvalue weighted by Crippen LogP contribution is -2.14. The minimum atomic E-state index is -1.17. The summed E-state index contributed by atoms with van der Waals surface area (Å²) in [6, 6.07) is 20.9. The van der Waals surface area contributed by atoms with Crippen LogP contribution >= 0.6 is 23.4 Å². The van der Waals surface area contributed by atoms with Crippen molar-refractivity contribution in [2.24, 2.45) is 0 Å². The van der Waals surface area contributed by atoms with Crippen molar-refractivity contribution in [3.8, 4) is 0 Å². The number of carbonyl (C=O) groups is 3. The first-order valence-corrected chi connectivity index (χ1v) is 10.9. The molecule has 3 N–H and O–H groups in total. The van der Waals surface area contributed by atoms with Crippen molar-refractivity contribution in [2.45, 2.75) is 4.90 Å². The maximum atomic E-state index is 12.2. The average Bonchev–Trinajstić information content (AvgIpc) is 2.78. The van der Waals surface area contributed by atoms with Crippen LogP contribution in [0.5, 0.6) is 0 Å². The molecule has 3 rings (SSSR count). The van der Waals surface area contributed by atoms with Gasteiger partial charge >= 0.3 is 5.97 Å². The van der Waals surface area contributed by atoms with Crippen LogP contribution in [0.4, 0.5) is 11.4 Å². The number of carbonyl (C=O) groups excluding carboxylic acids is 2. The Hall–Kier alpha value is -3.55. The summed E-state index contributed by atoms with van der Waals surface area (Å²) in [6.45, 7) is 0. The van der Waals surface area contributed by atoms with Crippen LogP contribution in [0.25, 0.3) is 6.08 Å². The molecule has 3 aromatic carbocycles. The number of aromatic carboxylic acids is 1. The van der Waals surface area contributed by atoms with Gasteiger partial charge in [0.15, 0.2) is 0 Å². The summed E-state index contributed by atoms with van der Waals surface area (Å²) >= 11 is 7.13. The third-order valence-corrected chi connectivity index (χ3v) is 5.50. The minimum Gasteiger partial charge on any atom is -0.478 e. The van der Waals surface area contributed by atoms with Crippen molar-refractivity contribution >= 4 is 58.6 Å². The Bertz CT molecular complexity index is 1170. The summed E-state index contributed by atoms with van der Waals surface area (Å²) < 4.78 is 0. The predicted octanol–water partition coefficient (Wildman–Crippen LogP) is 5.42. The smallest absolute Gasteiger partial charge is 0.337 e. The second-order valence-corrected chi connectivity index (χ2v) is 8.05. The van der Waals surface area contributed by atoms with Crippen molar-refractivity contribution < 1.29 is 19.5 Å². The highest BCUT2D eigenvalue weighted by Crippen LogP contribution is 2.23. The Morgan fingerprint density at radius 3 is 2.41 bits per heavy atom. The van der Waals surface area contributed by atoms with Gasteiger partial charge in [0.05, 0.1) is 16.3 Å². The van der Waals surface area contributed by atoms with E-state index in [-0.39, 0.29) is 28.2 Å². The average molecular weight is 467 g/mol. The predicted molar refractivity (Wildman–Crippen MR) is 128 cm³/mol. The van der Waals surface area contributed by atoms with Crippen LogP contribution in [0.2, 0.25) is 5.02 Å². The molecule has 0 saturated heterocycles. The maximum absolute atomic E-state index is 12.2. The van der Waals surface area contributed by atoms with Crippen LogP contribution < -0.4 is 10.6 Å². The molecule has 0 unspecified atom stereocenters. The molecule has 0 aromatic heterocycles. The van der Waals surface area contributed by atoms with Crippen molar-refractivity contribution in [3.05, 3.63) is 95.0 Å². The Kier molecular flexibility index (Phi) is 8.08. The normalized spacial score (nSPS) is 10.7. The van der Waals surface area contributed by atoms with Crippen LogP contribution in [0.1, 0.15) is 15.9 Å². The summed E-state index contributed by atoms with van der Waals surface area (Å²) in [5.74, 6) is -1.62. The fourth-order valence-corrected chi connectivity index (χ4v) is 3.65. The summed E-state index contributed by atoms with van der Waals surface area (Å²) in [7, 11) is 0. The molecule has 0 fully saturated rings. The Labute approximate surface area is 194 Å². The van der Waals surface area contributed by atoms with Gasteiger partial charge in [0.1, 0.15) is 0 Å². The monoisotopic (exact) mass is 466 g/mol. The van der Waals surface area contributed by atoms with Gasteiger partial charge in [0, 0.05) is 22.3 Å². The summed E-state index contributed by atoms with van der Waals surface area (Å²) in [4.78, 5) is 36.3. The molecule has 2 amide bonds. The van der Waals surface area contributed by atoms with Gasteiger partial charge in [-0.1, -0.05) is 48.0 Å².